The van der Waals surface area contributed by atoms with Crippen LogP contribution in [0.4, 0.5) is 0 Å². The lowest BCUT2D eigenvalue weighted by Gasteiger charge is -2.21. The van der Waals surface area contributed by atoms with Gasteiger partial charge in [-0.1, -0.05) is 59.0 Å². The monoisotopic (exact) mass is 386 g/mol. The zero-order valence-electron chi connectivity index (χ0n) is 10.3. The molecule has 0 unspecified atom stereocenters. The van der Waals surface area contributed by atoms with E-state index >= 15 is 0 Å². The number of benzene rings is 1. The SMILES string of the molecule is O=C(c1cccs1)[C@@H](CCI)[C@@H](O)c1ccccc1. The number of carbonyl (C=O) groups excluding carboxylic acids is 1. The summed E-state index contributed by atoms with van der Waals surface area (Å²) in [5.41, 5.74) is 0.808. The molecular formula is C15H15IO2S. The molecule has 100 valence electrons. The van der Waals surface area contributed by atoms with E-state index in [0.717, 1.165) is 14.9 Å². The zero-order chi connectivity index (χ0) is 13.7. The van der Waals surface area contributed by atoms with Crippen LogP contribution in [0.1, 0.15) is 27.8 Å². The van der Waals surface area contributed by atoms with Gasteiger partial charge in [0.25, 0.3) is 0 Å². The van der Waals surface area contributed by atoms with Gasteiger partial charge in [-0.05, 0) is 23.4 Å². The zero-order valence-corrected chi connectivity index (χ0v) is 13.3. The number of hydrogen-bond donors (Lipinski definition) is 1. The van der Waals surface area contributed by atoms with Crippen molar-refractivity contribution >= 4 is 39.7 Å². The third kappa shape index (κ3) is 3.64. The van der Waals surface area contributed by atoms with E-state index in [1.165, 1.54) is 11.3 Å². The summed E-state index contributed by atoms with van der Waals surface area (Å²) < 4.78 is 0.851. The van der Waals surface area contributed by atoms with E-state index in [9.17, 15) is 9.90 Å². The number of alkyl halides is 1. The fourth-order valence-corrected chi connectivity index (χ4v) is 3.43. The Hall–Kier alpha value is -0.720. The van der Waals surface area contributed by atoms with Crippen molar-refractivity contribution in [2.75, 3.05) is 4.43 Å². The van der Waals surface area contributed by atoms with Gasteiger partial charge in [-0.2, -0.15) is 0 Å². The molecule has 19 heavy (non-hydrogen) atoms. The molecule has 0 amide bonds. The minimum Gasteiger partial charge on any atom is -0.388 e. The van der Waals surface area contributed by atoms with Gasteiger partial charge in [-0.15, -0.1) is 11.3 Å². The highest BCUT2D eigenvalue weighted by Crippen LogP contribution is 2.29. The Kier molecular flexibility index (Phi) is 5.54. The Morgan fingerprint density at radius 2 is 1.95 bits per heavy atom. The highest BCUT2D eigenvalue weighted by molar-refractivity contribution is 14.1. The molecule has 2 nitrogen and oxygen atoms in total. The lowest BCUT2D eigenvalue weighted by molar-refractivity contribution is 0.0675. The maximum absolute atomic E-state index is 12.5. The molecule has 0 radical (unpaired) electrons. The molecule has 0 fully saturated rings. The number of carbonyl (C=O) groups is 1. The Morgan fingerprint density at radius 3 is 2.53 bits per heavy atom. The van der Waals surface area contributed by atoms with Crippen LogP contribution in [0.15, 0.2) is 47.8 Å². The number of hydrogen-bond acceptors (Lipinski definition) is 3. The van der Waals surface area contributed by atoms with Crippen LogP contribution in [0.25, 0.3) is 0 Å². The smallest absolute Gasteiger partial charge is 0.178 e. The predicted octanol–water partition coefficient (Wildman–Crippen LogP) is 4.11. The average Bonchev–Trinajstić information content (AvgIpc) is 2.98. The van der Waals surface area contributed by atoms with Crippen molar-refractivity contribution in [1.82, 2.24) is 0 Å². The van der Waals surface area contributed by atoms with Crippen molar-refractivity contribution in [2.24, 2.45) is 5.92 Å². The molecule has 1 aromatic heterocycles. The molecule has 0 spiro atoms. The number of aliphatic hydroxyl groups excluding tert-OH is 1. The van der Waals surface area contributed by atoms with Gasteiger partial charge in [0, 0.05) is 4.43 Å². The molecule has 0 bridgehead atoms. The minimum atomic E-state index is -0.731. The third-order valence-electron chi connectivity index (χ3n) is 3.04. The van der Waals surface area contributed by atoms with Crippen LogP contribution in [-0.2, 0) is 0 Å². The van der Waals surface area contributed by atoms with Crippen LogP contribution in [0, 0.1) is 5.92 Å². The molecule has 2 rings (SSSR count). The molecule has 0 aliphatic rings. The number of halogens is 1. The van der Waals surface area contributed by atoms with Gasteiger partial charge in [0.05, 0.1) is 16.9 Å². The normalized spacial score (nSPS) is 14.0. The van der Waals surface area contributed by atoms with Gasteiger partial charge < -0.3 is 5.11 Å². The number of rotatable bonds is 6. The van der Waals surface area contributed by atoms with Crippen molar-refractivity contribution in [3.8, 4) is 0 Å². The molecule has 0 aliphatic heterocycles. The Labute approximate surface area is 130 Å². The molecule has 1 aromatic carbocycles. The molecule has 2 aromatic rings. The first-order valence-electron chi connectivity index (χ1n) is 6.10. The van der Waals surface area contributed by atoms with Crippen molar-refractivity contribution in [2.45, 2.75) is 12.5 Å². The number of ketones is 1. The molecule has 1 heterocycles. The van der Waals surface area contributed by atoms with Gasteiger partial charge in [0.15, 0.2) is 5.78 Å². The lowest BCUT2D eigenvalue weighted by atomic mass is 9.89. The molecule has 2 atom stereocenters. The van der Waals surface area contributed by atoms with E-state index in [1.807, 2.05) is 47.8 Å². The summed E-state index contributed by atoms with van der Waals surface area (Å²) in [5.74, 6) is -0.319. The molecule has 1 N–H and O–H groups in total. The van der Waals surface area contributed by atoms with E-state index in [4.69, 9.17) is 0 Å². The average molecular weight is 386 g/mol. The minimum absolute atomic E-state index is 0.0445. The summed E-state index contributed by atoms with van der Waals surface area (Å²) in [5, 5.41) is 12.4. The summed E-state index contributed by atoms with van der Waals surface area (Å²) in [4.78, 5) is 13.2. The van der Waals surface area contributed by atoms with Crippen LogP contribution in [0.3, 0.4) is 0 Å². The van der Waals surface area contributed by atoms with Crippen molar-refractivity contribution in [1.29, 1.82) is 0 Å². The van der Waals surface area contributed by atoms with Crippen LogP contribution < -0.4 is 0 Å². The quantitative estimate of drug-likeness (QED) is 0.461. The topological polar surface area (TPSA) is 37.3 Å². The third-order valence-corrected chi connectivity index (χ3v) is 4.55. The van der Waals surface area contributed by atoms with Gasteiger partial charge in [-0.3, -0.25) is 4.79 Å². The van der Waals surface area contributed by atoms with Gasteiger partial charge in [-0.25, -0.2) is 0 Å². The van der Waals surface area contributed by atoms with Crippen LogP contribution >= 0.6 is 33.9 Å². The second-order valence-corrected chi connectivity index (χ2v) is 6.31. The van der Waals surface area contributed by atoms with Crippen molar-refractivity contribution in [3.05, 3.63) is 58.3 Å². The molecule has 4 heteroatoms. The Morgan fingerprint density at radius 1 is 1.21 bits per heavy atom. The van der Waals surface area contributed by atoms with Crippen LogP contribution in [0.2, 0.25) is 0 Å². The van der Waals surface area contributed by atoms with E-state index < -0.39 is 6.10 Å². The van der Waals surface area contributed by atoms with Crippen molar-refractivity contribution < 1.29 is 9.90 Å². The fraction of sp³-hybridized carbons (Fsp3) is 0.267. The number of Topliss-reactive ketones (excluding diaryl/α,β-unsaturated/α-hetero) is 1. The second-order valence-electron chi connectivity index (χ2n) is 4.28. The lowest BCUT2D eigenvalue weighted by Crippen LogP contribution is -2.22. The highest BCUT2D eigenvalue weighted by atomic mass is 127. The molecule has 0 saturated carbocycles. The Bertz CT molecular complexity index is 510. The highest BCUT2D eigenvalue weighted by Gasteiger charge is 2.28. The van der Waals surface area contributed by atoms with Crippen LogP contribution in [0.5, 0.6) is 0 Å². The van der Waals surface area contributed by atoms with E-state index in [2.05, 4.69) is 22.6 Å². The van der Waals surface area contributed by atoms with Crippen LogP contribution in [-0.4, -0.2) is 15.3 Å². The summed E-state index contributed by atoms with van der Waals surface area (Å²) in [7, 11) is 0. The summed E-state index contributed by atoms with van der Waals surface area (Å²) in [6, 6.07) is 13.1. The molecular weight excluding hydrogens is 371 g/mol. The van der Waals surface area contributed by atoms with E-state index in [-0.39, 0.29) is 11.7 Å². The van der Waals surface area contributed by atoms with Gasteiger partial charge in [0.1, 0.15) is 0 Å². The van der Waals surface area contributed by atoms with Gasteiger partial charge >= 0.3 is 0 Å². The summed E-state index contributed by atoms with van der Waals surface area (Å²) in [6.45, 7) is 0. The summed E-state index contributed by atoms with van der Waals surface area (Å²) in [6.07, 6.45) is -0.0431. The number of thiophene rings is 1. The molecule has 0 saturated heterocycles. The second kappa shape index (κ2) is 7.17. The first-order chi connectivity index (χ1) is 9.24. The summed E-state index contributed by atoms with van der Waals surface area (Å²) >= 11 is 3.68. The predicted molar refractivity (Wildman–Crippen MR) is 87.0 cm³/mol. The van der Waals surface area contributed by atoms with Crippen molar-refractivity contribution in [3.63, 3.8) is 0 Å². The first-order valence-corrected chi connectivity index (χ1v) is 8.51. The maximum atomic E-state index is 12.5. The fourth-order valence-electron chi connectivity index (χ4n) is 2.03. The first kappa shape index (κ1) is 14.7. The van der Waals surface area contributed by atoms with E-state index in [0.29, 0.717) is 6.42 Å². The van der Waals surface area contributed by atoms with Gasteiger partial charge in [0.2, 0.25) is 0 Å². The standard InChI is InChI=1S/C15H15IO2S/c16-9-8-12(15(18)13-7-4-10-19-13)14(17)11-5-2-1-3-6-11/h1-7,10,12,14,17H,8-9H2/t12-,14-/m0/s1. The largest absolute Gasteiger partial charge is 0.388 e. The molecule has 0 aliphatic carbocycles. The van der Waals surface area contributed by atoms with E-state index in [1.54, 1.807) is 0 Å². The Balaban J connectivity index is 2.23. The maximum Gasteiger partial charge on any atom is 0.178 e. The number of aliphatic hydroxyl groups is 1.